The molecule has 1 aromatic heterocycles. The van der Waals surface area contributed by atoms with Crippen LogP contribution in [0, 0.1) is 28.9 Å². The molecule has 0 N–H and O–H groups in total. The van der Waals surface area contributed by atoms with Crippen molar-refractivity contribution in [1.82, 2.24) is 4.90 Å². The zero-order valence-corrected chi connectivity index (χ0v) is 18.5. The molecule has 35 heavy (non-hydrogen) atoms. The van der Waals surface area contributed by atoms with E-state index >= 15 is 0 Å². The second-order valence-corrected chi connectivity index (χ2v) is 8.91. The molecule has 3 aromatic rings. The molecule has 0 radical (unpaired) electrons. The third kappa shape index (κ3) is 2.91. The van der Waals surface area contributed by atoms with Crippen molar-refractivity contribution in [3.05, 3.63) is 99.6 Å². The highest BCUT2D eigenvalue weighted by molar-refractivity contribution is 6.25. The number of fused-ring (bicyclic) bond motifs is 5. The standard InChI is InChI=1S/C26H19N3O6/c1-14-8-9-16(29(33)34)13-18(14)28-25(31)20-21(26(28)32)23(24(30)19-7-4-12-35-19)27-11-10-15-5-2-3-6-17(15)22(20)27/h2-13,20-23H,1H3. The summed E-state index contributed by atoms with van der Waals surface area (Å²) in [7, 11) is 0. The Balaban J connectivity index is 1.51. The second-order valence-electron chi connectivity index (χ2n) is 8.91. The van der Waals surface area contributed by atoms with Crippen LogP contribution in [0.3, 0.4) is 0 Å². The Morgan fingerprint density at radius 2 is 1.80 bits per heavy atom. The van der Waals surface area contributed by atoms with Crippen LogP contribution in [0.1, 0.15) is 33.3 Å². The number of nitro groups is 1. The summed E-state index contributed by atoms with van der Waals surface area (Å²) in [6.07, 6.45) is 5.02. The van der Waals surface area contributed by atoms with Crippen LogP contribution in [0.25, 0.3) is 6.08 Å². The minimum atomic E-state index is -0.973. The number of nitro benzene ring substituents is 1. The van der Waals surface area contributed by atoms with E-state index in [1.165, 1.54) is 30.5 Å². The van der Waals surface area contributed by atoms with E-state index < -0.39 is 46.4 Å². The lowest BCUT2D eigenvalue weighted by Gasteiger charge is -2.35. The van der Waals surface area contributed by atoms with E-state index in [1.54, 1.807) is 24.1 Å². The molecule has 2 aromatic carbocycles. The zero-order chi connectivity index (χ0) is 24.4. The Morgan fingerprint density at radius 3 is 2.54 bits per heavy atom. The number of rotatable bonds is 4. The predicted octanol–water partition coefficient (Wildman–Crippen LogP) is 3.89. The molecule has 6 rings (SSSR count). The van der Waals surface area contributed by atoms with Crippen LogP contribution in [0.4, 0.5) is 11.4 Å². The fraction of sp³-hybridized carbons (Fsp3) is 0.192. The highest BCUT2D eigenvalue weighted by Crippen LogP contribution is 2.54. The van der Waals surface area contributed by atoms with Crippen LogP contribution in [-0.4, -0.2) is 33.5 Å². The van der Waals surface area contributed by atoms with Gasteiger partial charge in [0.15, 0.2) is 5.76 Å². The minimum Gasteiger partial charge on any atom is -0.461 e. The average molecular weight is 469 g/mol. The van der Waals surface area contributed by atoms with Crippen molar-refractivity contribution < 1.29 is 23.7 Å². The Kier molecular flexibility index (Phi) is 4.50. The van der Waals surface area contributed by atoms with Crippen molar-refractivity contribution in [1.29, 1.82) is 0 Å². The molecule has 0 bridgehead atoms. The van der Waals surface area contributed by atoms with Crippen LogP contribution >= 0.6 is 0 Å². The monoisotopic (exact) mass is 469 g/mol. The SMILES string of the molecule is Cc1ccc([N+](=O)[O-])cc1N1C(=O)C2C(C1=O)C1c3ccccc3C=CN1C2C(=O)c1ccco1. The largest absolute Gasteiger partial charge is 0.461 e. The lowest BCUT2D eigenvalue weighted by atomic mass is 9.84. The van der Waals surface area contributed by atoms with E-state index in [4.69, 9.17) is 4.42 Å². The third-order valence-corrected chi connectivity index (χ3v) is 7.14. The normalized spacial score (nSPS) is 24.4. The number of carbonyl (C=O) groups is 3. The molecule has 3 aliphatic rings. The Labute approximate surface area is 199 Å². The smallest absolute Gasteiger partial charge is 0.271 e. The number of carbonyl (C=O) groups excluding carboxylic acids is 3. The molecular weight excluding hydrogens is 450 g/mol. The van der Waals surface area contributed by atoms with Gasteiger partial charge in [-0.25, -0.2) is 4.90 Å². The van der Waals surface area contributed by atoms with Gasteiger partial charge < -0.3 is 9.32 Å². The van der Waals surface area contributed by atoms with E-state index in [9.17, 15) is 24.5 Å². The van der Waals surface area contributed by atoms with Crippen LogP contribution in [0.15, 0.2) is 71.5 Å². The van der Waals surface area contributed by atoms with Gasteiger partial charge in [0, 0.05) is 18.3 Å². The molecule has 2 saturated heterocycles. The minimum absolute atomic E-state index is 0.104. The van der Waals surface area contributed by atoms with Gasteiger partial charge in [0.1, 0.15) is 6.04 Å². The first-order valence-corrected chi connectivity index (χ1v) is 11.1. The van der Waals surface area contributed by atoms with Crippen LogP contribution in [-0.2, 0) is 9.59 Å². The maximum absolute atomic E-state index is 13.9. The molecule has 0 spiro atoms. The number of aryl methyl sites for hydroxylation is 1. The molecule has 9 nitrogen and oxygen atoms in total. The van der Waals surface area contributed by atoms with Crippen molar-refractivity contribution in [2.45, 2.75) is 19.0 Å². The number of imide groups is 1. The first-order chi connectivity index (χ1) is 16.9. The van der Waals surface area contributed by atoms with Gasteiger partial charge in [0.25, 0.3) is 5.69 Å². The summed E-state index contributed by atoms with van der Waals surface area (Å²) in [5.41, 5.74) is 2.24. The van der Waals surface area contributed by atoms with Crippen molar-refractivity contribution in [2.75, 3.05) is 4.90 Å². The van der Waals surface area contributed by atoms with Crippen LogP contribution < -0.4 is 4.90 Å². The molecule has 2 amide bonds. The van der Waals surface area contributed by atoms with Crippen molar-refractivity contribution >= 4 is 35.0 Å². The van der Waals surface area contributed by atoms with Gasteiger partial charge in [0.2, 0.25) is 17.6 Å². The van der Waals surface area contributed by atoms with Gasteiger partial charge >= 0.3 is 0 Å². The molecule has 3 aliphatic heterocycles. The number of anilines is 1. The van der Waals surface area contributed by atoms with Crippen LogP contribution in [0.5, 0.6) is 0 Å². The number of furan rings is 1. The lowest BCUT2D eigenvalue weighted by molar-refractivity contribution is -0.384. The molecule has 0 saturated carbocycles. The van der Waals surface area contributed by atoms with Crippen LogP contribution in [0.2, 0.25) is 0 Å². The number of Topliss-reactive ketones (excluding diaryl/α,β-unsaturated/α-hetero) is 1. The Hall–Kier alpha value is -4.53. The topological polar surface area (TPSA) is 114 Å². The molecule has 9 heteroatoms. The summed E-state index contributed by atoms with van der Waals surface area (Å²) in [5.74, 6) is -3.12. The number of hydrogen-bond acceptors (Lipinski definition) is 7. The van der Waals surface area contributed by atoms with E-state index in [1.807, 2.05) is 30.3 Å². The molecule has 4 heterocycles. The van der Waals surface area contributed by atoms with E-state index in [0.29, 0.717) is 5.56 Å². The molecule has 0 aliphatic carbocycles. The molecule has 174 valence electrons. The number of nitrogens with zero attached hydrogens (tertiary/aromatic N) is 3. The summed E-state index contributed by atoms with van der Waals surface area (Å²) in [6.45, 7) is 1.68. The molecule has 4 unspecified atom stereocenters. The Bertz CT molecular complexity index is 1440. The molecule has 4 atom stereocenters. The zero-order valence-electron chi connectivity index (χ0n) is 18.5. The highest BCUT2D eigenvalue weighted by Gasteiger charge is 2.65. The van der Waals surface area contributed by atoms with E-state index in [-0.39, 0.29) is 17.1 Å². The van der Waals surface area contributed by atoms with Gasteiger partial charge in [-0.1, -0.05) is 30.3 Å². The van der Waals surface area contributed by atoms with Crippen molar-refractivity contribution in [3.8, 4) is 0 Å². The van der Waals surface area contributed by atoms with Crippen molar-refractivity contribution in [2.24, 2.45) is 11.8 Å². The maximum atomic E-state index is 13.9. The van der Waals surface area contributed by atoms with Gasteiger partial charge in [-0.05, 0) is 41.8 Å². The summed E-state index contributed by atoms with van der Waals surface area (Å²) in [4.78, 5) is 55.0. The summed E-state index contributed by atoms with van der Waals surface area (Å²) in [5, 5.41) is 11.4. The van der Waals surface area contributed by atoms with Gasteiger partial charge in [-0.15, -0.1) is 0 Å². The number of ketones is 1. The molecular formula is C26H19N3O6. The van der Waals surface area contributed by atoms with Gasteiger partial charge in [-0.2, -0.15) is 0 Å². The number of benzene rings is 2. The predicted molar refractivity (Wildman–Crippen MR) is 124 cm³/mol. The summed E-state index contributed by atoms with van der Waals surface area (Å²) < 4.78 is 5.36. The fourth-order valence-corrected chi connectivity index (χ4v) is 5.61. The lowest BCUT2D eigenvalue weighted by Crippen LogP contribution is -2.44. The summed E-state index contributed by atoms with van der Waals surface area (Å²) >= 11 is 0. The molecule has 2 fully saturated rings. The maximum Gasteiger partial charge on any atom is 0.271 e. The quantitative estimate of drug-likeness (QED) is 0.246. The van der Waals surface area contributed by atoms with Gasteiger partial charge in [0.05, 0.1) is 34.8 Å². The fourth-order valence-electron chi connectivity index (χ4n) is 5.61. The number of hydrogen-bond donors (Lipinski definition) is 0. The average Bonchev–Trinajstić information content (AvgIpc) is 3.56. The first-order valence-electron chi connectivity index (χ1n) is 11.1. The second kappa shape index (κ2) is 7.49. The number of non-ortho nitro benzene ring substituents is 1. The first kappa shape index (κ1) is 21.0. The number of amides is 2. The highest BCUT2D eigenvalue weighted by atomic mass is 16.6. The third-order valence-electron chi connectivity index (χ3n) is 7.14. The van der Waals surface area contributed by atoms with E-state index in [2.05, 4.69) is 0 Å². The summed E-state index contributed by atoms with van der Waals surface area (Å²) in [6, 6.07) is 13.3. The van der Waals surface area contributed by atoms with E-state index in [0.717, 1.165) is 16.0 Å². The Morgan fingerprint density at radius 1 is 1.03 bits per heavy atom. The van der Waals surface area contributed by atoms with Gasteiger partial charge in [-0.3, -0.25) is 24.5 Å². The van der Waals surface area contributed by atoms with Crippen molar-refractivity contribution in [3.63, 3.8) is 0 Å².